The summed E-state index contributed by atoms with van der Waals surface area (Å²) in [5.74, 6) is -0.0000622. The molecule has 3 nitrogen and oxygen atoms in total. The monoisotopic (exact) mass is 378 g/mol. The van der Waals surface area contributed by atoms with Crippen LogP contribution in [0, 0.1) is 0 Å². The molecule has 0 bridgehead atoms. The van der Waals surface area contributed by atoms with Crippen molar-refractivity contribution in [1.82, 2.24) is 4.57 Å². The molecule has 0 aliphatic carbocycles. The number of nitrogens with one attached hydrogen (secondary N) is 1. The predicted octanol–water partition coefficient (Wildman–Crippen LogP) is 6.15. The zero-order chi connectivity index (χ0) is 19.8. The first-order chi connectivity index (χ1) is 14.2. The van der Waals surface area contributed by atoms with Crippen molar-refractivity contribution in [2.24, 2.45) is 0 Å². The van der Waals surface area contributed by atoms with Crippen molar-refractivity contribution in [2.45, 2.75) is 19.9 Å². The molecule has 1 amide bonds. The number of rotatable bonds is 4. The van der Waals surface area contributed by atoms with Crippen molar-refractivity contribution in [3.8, 4) is 0 Å². The molecule has 0 aliphatic heterocycles. The highest BCUT2D eigenvalue weighted by molar-refractivity contribution is 6.10. The summed E-state index contributed by atoms with van der Waals surface area (Å²) in [6, 6.07) is 28.9. The second-order valence-electron chi connectivity index (χ2n) is 7.36. The topological polar surface area (TPSA) is 34.0 Å². The molecule has 0 spiro atoms. The number of carbonyl (C=O) groups excluding carboxylic acids is 1. The zero-order valence-electron chi connectivity index (χ0n) is 16.4. The fourth-order valence-electron chi connectivity index (χ4n) is 4.30. The minimum absolute atomic E-state index is 0.0000622. The zero-order valence-corrected chi connectivity index (χ0v) is 16.4. The highest BCUT2D eigenvalue weighted by Gasteiger charge is 2.12. The van der Waals surface area contributed by atoms with Gasteiger partial charge < -0.3 is 9.88 Å². The van der Waals surface area contributed by atoms with E-state index in [0.29, 0.717) is 6.42 Å². The molecule has 1 N–H and O–H groups in total. The average Bonchev–Trinajstić information content (AvgIpc) is 3.07. The molecule has 29 heavy (non-hydrogen) atoms. The molecule has 5 aromatic rings. The van der Waals surface area contributed by atoms with Crippen LogP contribution in [0.1, 0.15) is 12.5 Å². The van der Waals surface area contributed by atoms with Gasteiger partial charge in [-0.3, -0.25) is 4.79 Å². The van der Waals surface area contributed by atoms with Gasteiger partial charge in [0.1, 0.15) is 0 Å². The Balaban J connectivity index is 1.47. The van der Waals surface area contributed by atoms with Crippen LogP contribution in [0.5, 0.6) is 0 Å². The third kappa shape index (κ3) is 3.05. The number of carbonyl (C=O) groups is 1. The number of nitrogens with zero attached hydrogens (tertiary/aromatic N) is 1. The van der Waals surface area contributed by atoms with E-state index in [2.05, 4.69) is 71.4 Å². The first kappa shape index (κ1) is 17.5. The van der Waals surface area contributed by atoms with Gasteiger partial charge in [0.25, 0.3) is 0 Å². The maximum Gasteiger partial charge on any atom is 0.228 e. The van der Waals surface area contributed by atoms with E-state index >= 15 is 0 Å². The Hall–Kier alpha value is -3.59. The Morgan fingerprint density at radius 2 is 1.52 bits per heavy atom. The summed E-state index contributed by atoms with van der Waals surface area (Å²) >= 11 is 0. The Morgan fingerprint density at radius 1 is 0.793 bits per heavy atom. The molecule has 0 unspecified atom stereocenters. The van der Waals surface area contributed by atoms with Crippen molar-refractivity contribution < 1.29 is 4.79 Å². The predicted molar refractivity (Wildman–Crippen MR) is 121 cm³/mol. The molecule has 0 saturated carbocycles. The summed E-state index contributed by atoms with van der Waals surface area (Å²) in [5.41, 5.74) is 4.30. The molecule has 0 aliphatic rings. The third-order valence-corrected chi connectivity index (χ3v) is 5.60. The Morgan fingerprint density at radius 3 is 2.38 bits per heavy atom. The van der Waals surface area contributed by atoms with Crippen LogP contribution in [0.15, 0.2) is 84.9 Å². The number of fused-ring (bicyclic) bond motifs is 4. The number of amides is 1. The molecule has 0 radical (unpaired) electrons. The lowest BCUT2D eigenvalue weighted by atomic mass is 10.0. The van der Waals surface area contributed by atoms with Gasteiger partial charge in [0, 0.05) is 34.0 Å². The summed E-state index contributed by atoms with van der Waals surface area (Å²) in [5, 5.41) is 7.77. The van der Waals surface area contributed by atoms with Crippen molar-refractivity contribution in [3.63, 3.8) is 0 Å². The summed E-state index contributed by atoms with van der Waals surface area (Å²) in [4.78, 5) is 12.8. The maximum absolute atomic E-state index is 12.8. The Labute approximate surface area is 169 Å². The van der Waals surface area contributed by atoms with E-state index in [4.69, 9.17) is 0 Å². The van der Waals surface area contributed by atoms with Crippen molar-refractivity contribution in [3.05, 3.63) is 90.5 Å². The summed E-state index contributed by atoms with van der Waals surface area (Å²) < 4.78 is 2.31. The van der Waals surface area contributed by atoms with Gasteiger partial charge >= 0.3 is 0 Å². The number of benzene rings is 4. The van der Waals surface area contributed by atoms with Crippen LogP contribution in [-0.4, -0.2) is 10.5 Å². The van der Waals surface area contributed by atoms with Gasteiger partial charge in [-0.25, -0.2) is 0 Å². The molecule has 0 saturated heterocycles. The molecule has 3 heteroatoms. The standard InChI is InChI=1S/C26H22N2O/c1-2-28-24-13-6-5-12-22(24)23-17-20(14-15-25(23)28)27-26(29)16-19-10-7-9-18-8-3-4-11-21(18)19/h3-15,17H,2,16H2,1H3,(H,27,29). The van der Waals surface area contributed by atoms with E-state index in [9.17, 15) is 4.79 Å². The number of anilines is 1. The second kappa shape index (κ2) is 7.10. The first-order valence-electron chi connectivity index (χ1n) is 10.0. The molecule has 4 aromatic carbocycles. The molecule has 1 heterocycles. The smallest absolute Gasteiger partial charge is 0.228 e. The van der Waals surface area contributed by atoms with Crippen molar-refractivity contribution in [2.75, 3.05) is 5.32 Å². The minimum atomic E-state index is -0.0000622. The van der Waals surface area contributed by atoms with E-state index in [1.54, 1.807) is 0 Å². The number of hydrogen-bond acceptors (Lipinski definition) is 1. The molecule has 5 rings (SSSR count). The highest BCUT2D eigenvalue weighted by atomic mass is 16.1. The fourth-order valence-corrected chi connectivity index (χ4v) is 4.30. The van der Waals surface area contributed by atoms with Gasteiger partial charge in [-0.15, -0.1) is 0 Å². The minimum Gasteiger partial charge on any atom is -0.341 e. The molecular weight excluding hydrogens is 356 g/mol. The van der Waals surface area contributed by atoms with Crippen LogP contribution < -0.4 is 5.32 Å². The van der Waals surface area contributed by atoms with Gasteiger partial charge in [0.15, 0.2) is 0 Å². The fraction of sp³-hybridized carbons (Fsp3) is 0.115. The summed E-state index contributed by atoms with van der Waals surface area (Å²) in [6.07, 6.45) is 0.357. The van der Waals surface area contributed by atoms with E-state index < -0.39 is 0 Å². The largest absolute Gasteiger partial charge is 0.341 e. The van der Waals surface area contributed by atoms with Gasteiger partial charge in [-0.2, -0.15) is 0 Å². The normalized spacial score (nSPS) is 11.3. The van der Waals surface area contributed by atoms with Gasteiger partial charge in [-0.05, 0) is 47.5 Å². The highest BCUT2D eigenvalue weighted by Crippen LogP contribution is 2.31. The lowest BCUT2D eigenvalue weighted by Gasteiger charge is -2.09. The van der Waals surface area contributed by atoms with Crippen LogP contribution in [-0.2, 0) is 17.8 Å². The summed E-state index contributed by atoms with van der Waals surface area (Å²) in [7, 11) is 0. The quantitative estimate of drug-likeness (QED) is 0.400. The van der Waals surface area contributed by atoms with Gasteiger partial charge in [0.05, 0.1) is 6.42 Å². The SMILES string of the molecule is CCn1c2ccccc2c2cc(NC(=O)Cc3cccc4ccccc34)ccc21. The number of para-hydroxylation sites is 1. The van der Waals surface area contributed by atoms with Gasteiger partial charge in [0.2, 0.25) is 5.91 Å². The molecule has 142 valence electrons. The number of aromatic nitrogens is 1. The maximum atomic E-state index is 12.8. The van der Waals surface area contributed by atoms with Crippen molar-refractivity contribution >= 4 is 44.2 Å². The van der Waals surface area contributed by atoms with E-state index in [0.717, 1.165) is 28.6 Å². The van der Waals surface area contributed by atoms with E-state index in [-0.39, 0.29) is 5.91 Å². The number of hydrogen-bond donors (Lipinski definition) is 1. The number of aryl methyl sites for hydroxylation is 1. The first-order valence-corrected chi connectivity index (χ1v) is 10.0. The van der Waals surface area contributed by atoms with E-state index in [1.165, 1.54) is 21.8 Å². The van der Waals surface area contributed by atoms with Crippen LogP contribution >= 0.6 is 0 Å². The Kier molecular flexibility index (Phi) is 4.28. The average molecular weight is 378 g/mol. The lowest BCUT2D eigenvalue weighted by Crippen LogP contribution is -2.14. The lowest BCUT2D eigenvalue weighted by molar-refractivity contribution is -0.115. The van der Waals surface area contributed by atoms with Crippen LogP contribution in [0.2, 0.25) is 0 Å². The van der Waals surface area contributed by atoms with Crippen LogP contribution in [0.3, 0.4) is 0 Å². The van der Waals surface area contributed by atoms with Crippen LogP contribution in [0.25, 0.3) is 32.6 Å². The molecule has 1 aromatic heterocycles. The van der Waals surface area contributed by atoms with Crippen molar-refractivity contribution in [1.29, 1.82) is 0 Å². The van der Waals surface area contributed by atoms with E-state index in [1.807, 2.05) is 30.3 Å². The Bertz CT molecular complexity index is 1360. The van der Waals surface area contributed by atoms with Crippen LogP contribution in [0.4, 0.5) is 5.69 Å². The summed E-state index contributed by atoms with van der Waals surface area (Å²) in [6.45, 7) is 3.07. The third-order valence-electron chi connectivity index (χ3n) is 5.60. The van der Waals surface area contributed by atoms with Gasteiger partial charge in [-0.1, -0.05) is 60.7 Å². The molecular formula is C26H22N2O. The molecule has 0 fully saturated rings. The second-order valence-corrected chi connectivity index (χ2v) is 7.36. The molecule has 0 atom stereocenters.